The molecular formula is C15H22N2. The summed E-state index contributed by atoms with van der Waals surface area (Å²) in [6, 6.07) is 11.2. The number of rotatable bonds is 6. The molecule has 2 heteroatoms. The zero-order valence-corrected chi connectivity index (χ0v) is 11.0. The molecule has 0 fully saturated rings. The van der Waals surface area contributed by atoms with Crippen molar-refractivity contribution in [3.05, 3.63) is 35.4 Å². The van der Waals surface area contributed by atoms with E-state index in [1.54, 1.807) is 0 Å². The Morgan fingerprint density at radius 1 is 1.24 bits per heavy atom. The second kappa shape index (κ2) is 7.09. The molecular weight excluding hydrogens is 208 g/mol. The van der Waals surface area contributed by atoms with Gasteiger partial charge in [-0.2, -0.15) is 5.26 Å². The second-order valence-electron chi connectivity index (χ2n) is 4.74. The average Bonchev–Trinajstić information content (AvgIpc) is 2.35. The van der Waals surface area contributed by atoms with E-state index in [4.69, 9.17) is 5.26 Å². The third kappa shape index (κ3) is 4.58. The molecule has 0 aliphatic heterocycles. The molecule has 0 saturated heterocycles. The lowest BCUT2D eigenvalue weighted by molar-refractivity contribution is 0.505. The highest BCUT2D eigenvalue weighted by molar-refractivity contribution is 5.24. The van der Waals surface area contributed by atoms with Gasteiger partial charge in [0.2, 0.25) is 0 Å². The maximum Gasteiger partial charge on any atom is 0.0638 e. The maximum absolute atomic E-state index is 8.67. The summed E-state index contributed by atoms with van der Waals surface area (Å²) in [5.41, 5.74) is 2.66. The molecule has 0 saturated carbocycles. The Balaban J connectivity index is 2.49. The van der Waals surface area contributed by atoms with E-state index in [-0.39, 0.29) is 0 Å². The third-order valence-electron chi connectivity index (χ3n) is 3.07. The van der Waals surface area contributed by atoms with Crippen molar-refractivity contribution in [1.82, 2.24) is 5.32 Å². The highest BCUT2D eigenvalue weighted by atomic mass is 14.9. The number of hydrogen-bond donors (Lipinski definition) is 1. The summed E-state index contributed by atoms with van der Waals surface area (Å²) in [5, 5.41) is 12.1. The first kappa shape index (κ1) is 13.7. The number of hydrogen-bond acceptors (Lipinski definition) is 2. The van der Waals surface area contributed by atoms with Crippen molar-refractivity contribution in [2.24, 2.45) is 0 Å². The molecule has 17 heavy (non-hydrogen) atoms. The summed E-state index contributed by atoms with van der Waals surface area (Å²) < 4.78 is 0. The predicted octanol–water partition coefficient (Wildman–Crippen LogP) is 3.59. The highest BCUT2D eigenvalue weighted by Crippen LogP contribution is 2.14. The average molecular weight is 230 g/mol. The monoisotopic (exact) mass is 230 g/mol. The topological polar surface area (TPSA) is 35.8 Å². The Morgan fingerprint density at radius 2 is 1.88 bits per heavy atom. The normalized spacial score (nSPS) is 12.4. The molecule has 0 bridgehead atoms. The van der Waals surface area contributed by atoms with E-state index in [0.29, 0.717) is 18.4 Å². The number of nitrogens with zero attached hydrogens (tertiary/aromatic N) is 1. The Hall–Kier alpha value is -1.33. The second-order valence-corrected chi connectivity index (χ2v) is 4.74. The van der Waals surface area contributed by atoms with Gasteiger partial charge in [-0.05, 0) is 23.5 Å². The van der Waals surface area contributed by atoms with Crippen LogP contribution in [-0.4, -0.2) is 6.04 Å². The van der Waals surface area contributed by atoms with Crippen LogP contribution >= 0.6 is 0 Å². The van der Waals surface area contributed by atoms with Gasteiger partial charge in [-0.25, -0.2) is 0 Å². The van der Waals surface area contributed by atoms with Crippen LogP contribution in [0.2, 0.25) is 0 Å². The van der Waals surface area contributed by atoms with Crippen molar-refractivity contribution in [2.45, 2.75) is 52.1 Å². The summed E-state index contributed by atoms with van der Waals surface area (Å²) in [5.74, 6) is 0.582. The van der Waals surface area contributed by atoms with Crippen LogP contribution in [0.3, 0.4) is 0 Å². The standard InChI is InChI=1S/C15H22N2/c1-4-15(9-10-16)17-11-13-5-7-14(8-6-13)12(2)3/h5-8,12,15,17H,4,9,11H2,1-3H3. The van der Waals surface area contributed by atoms with Gasteiger partial charge in [0.25, 0.3) is 0 Å². The van der Waals surface area contributed by atoms with Crippen molar-refractivity contribution in [2.75, 3.05) is 0 Å². The van der Waals surface area contributed by atoms with Crippen LogP contribution in [0.5, 0.6) is 0 Å². The first-order chi connectivity index (χ1) is 8.17. The minimum atomic E-state index is 0.310. The van der Waals surface area contributed by atoms with E-state index in [1.807, 2.05) is 0 Å². The summed E-state index contributed by atoms with van der Waals surface area (Å²) in [6.45, 7) is 7.36. The molecule has 1 aromatic carbocycles. The lowest BCUT2D eigenvalue weighted by atomic mass is 10.0. The molecule has 0 spiro atoms. The fourth-order valence-corrected chi connectivity index (χ4v) is 1.75. The summed E-state index contributed by atoms with van der Waals surface area (Å²) in [4.78, 5) is 0. The lowest BCUT2D eigenvalue weighted by Gasteiger charge is -2.14. The van der Waals surface area contributed by atoms with Gasteiger partial charge in [0.15, 0.2) is 0 Å². The Bertz CT molecular complexity index is 360. The van der Waals surface area contributed by atoms with Crippen molar-refractivity contribution < 1.29 is 0 Å². The van der Waals surface area contributed by atoms with Crippen LogP contribution in [0.15, 0.2) is 24.3 Å². The fourth-order valence-electron chi connectivity index (χ4n) is 1.75. The van der Waals surface area contributed by atoms with Crippen LogP contribution in [0, 0.1) is 11.3 Å². The molecule has 1 atom stereocenters. The van der Waals surface area contributed by atoms with Gasteiger partial charge in [-0.1, -0.05) is 45.0 Å². The van der Waals surface area contributed by atoms with E-state index >= 15 is 0 Å². The minimum absolute atomic E-state index is 0.310. The van der Waals surface area contributed by atoms with Gasteiger partial charge in [0.1, 0.15) is 0 Å². The zero-order chi connectivity index (χ0) is 12.7. The molecule has 92 valence electrons. The molecule has 1 N–H and O–H groups in total. The molecule has 2 nitrogen and oxygen atoms in total. The van der Waals surface area contributed by atoms with Gasteiger partial charge < -0.3 is 5.32 Å². The van der Waals surface area contributed by atoms with Crippen molar-refractivity contribution in [1.29, 1.82) is 5.26 Å². The SMILES string of the molecule is CCC(CC#N)NCc1ccc(C(C)C)cc1. The smallest absolute Gasteiger partial charge is 0.0638 e. The van der Waals surface area contributed by atoms with E-state index in [0.717, 1.165) is 13.0 Å². The van der Waals surface area contributed by atoms with E-state index < -0.39 is 0 Å². The molecule has 0 aromatic heterocycles. The van der Waals surface area contributed by atoms with Crippen LogP contribution in [0.4, 0.5) is 0 Å². The van der Waals surface area contributed by atoms with Crippen LogP contribution in [0.1, 0.15) is 50.7 Å². The van der Waals surface area contributed by atoms with Gasteiger partial charge >= 0.3 is 0 Å². The molecule has 0 aliphatic carbocycles. The lowest BCUT2D eigenvalue weighted by Crippen LogP contribution is -2.27. The highest BCUT2D eigenvalue weighted by Gasteiger charge is 2.04. The van der Waals surface area contributed by atoms with Crippen molar-refractivity contribution in [3.63, 3.8) is 0 Å². The molecule has 1 rings (SSSR count). The van der Waals surface area contributed by atoms with Crippen molar-refractivity contribution in [3.8, 4) is 6.07 Å². The Kier molecular flexibility index (Phi) is 5.72. The number of nitriles is 1. The minimum Gasteiger partial charge on any atom is -0.309 e. The molecule has 0 aliphatic rings. The quantitative estimate of drug-likeness (QED) is 0.810. The predicted molar refractivity (Wildman–Crippen MR) is 71.7 cm³/mol. The van der Waals surface area contributed by atoms with Gasteiger partial charge in [-0.15, -0.1) is 0 Å². The molecule has 1 unspecified atom stereocenters. The summed E-state index contributed by atoms with van der Waals surface area (Å²) >= 11 is 0. The van der Waals surface area contributed by atoms with Crippen LogP contribution in [-0.2, 0) is 6.54 Å². The maximum atomic E-state index is 8.67. The molecule has 1 aromatic rings. The van der Waals surface area contributed by atoms with E-state index in [1.165, 1.54) is 11.1 Å². The van der Waals surface area contributed by atoms with Crippen LogP contribution in [0.25, 0.3) is 0 Å². The third-order valence-corrected chi connectivity index (χ3v) is 3.07. The molecule has 0 heterocycles. The number of nitrogens with one attached hydrogen (secondary N) is 1. The zero-order valence-electron chi connectivity index (χ0n) is 11.0. The van der Waals surface area contributed by atoms with E-state index in [2.05, 4.69) is 56.4 Å². The fraction of sp³-hybridized carbons (Fsp3) is 0.533. The Morgan fingerprint density at radius 3 is 2.35 bits per heavy atom. The largest absolute Gasteiger partial charge is 0.309 e. The van der Waals surface area contributed by atoms with E-state index in [9.17, 15) is 0 Å². The summed E-state index contributed by atoms with van der Waals surface area (Å²) in [7, 11) is 0. The molecule has 0 radical (unpaired) electrons. The first-order valence-corrected chi connectivity index (χ1v) is 6.36. The Labute approximate surface area is 105 Å². The molecule has 0 amide bonds. The summed E-state index contributed by atoms with van der Waals surface area (Å²) in [6.07, 6.45) is 1.58. The van der Waals surface area contributed by atoms with Gasteiger partial charge in [0.05, 0.1) is 12.5 Å². The van der Waals surface area contributed by atoms with Gasteiger partial charge in [0, 0.05) is 12.6 Å². The first-order valence-electron chi connectivity index (χ1n) is 6.36. The number of benzene rings is 1. The van der Waals surface area contributed by atoms with Gasteiger partial charge in [-0.3, -0.25) is 0 Å². The van der Waals surface area contributed by atoms with Crippen LogP contribution < -0.4 is 5.32 Å². The van der Waals surface area contributed by atoms with Crippen molar-refractivity contribution >= 4 is 0 Å².